The summed E-state index contributed by atoms with van der Waals surface area (Å²) in [5, 5.41) is 9.27. The van der Waals surface area contributed by atoms with Crippen molar-refractivity contribution in [1.29, 1.82) is 0 Å². The SMILES string of the molecule is O=C(c1ccccc1)[C@@H](O)[C@H](Cl)c1ccccc1. The molecule has 92 valence electrons. The monoisotopic (exact) mass is 260 g/mol. The molecule has 2 nitrogen and oxygen atoms in total. The zero-order valence-electron chi connectivity index (χ0n) is 9.66. The van der Waals surface area contributed by atoms with Crippen molar-refractivity contribution in [2.45, 2.75) is 11.5 Å². The molecule has 0 bridgehead atoms. The van der Waals surface area contributed by atoms with E-state index in [2.05, 4.69) is 0 Å². The van der Waals surface area contributed by atoms with Crippen molar-refractivity contribution in [3.05, 3.63) is 71.8 Å². The van der Waals surface area contributed by atoms with Crippen molar-refractivity contribution in [3.8, 4) is 0 Å². The van der Waals surface area contributed by atoms with E-state index in [0.29, 0.717) is 5.56 Å². The van der Waals surface area contributed by atoms with Crippen molar-refractivity contribution in [1.82, 2.24) is 0 Å². The maximum Gasteiger partial charge on any atom is 0.193 e. The Bertz CT molecular complexity index is 511. The number of Topliss-reactive ketones (excluding diaryl/α,β-unsaturated/α-hetero) is 1. The molecule has 0 saturated carbocycles. The van der Waals surface area contributed by atoms with Gasteiger partial charge in [0.15, 0.2) is 5.78 Å². The highest BCUT2D eigenvalue weighted by molar-refractivity contribution is 6.23. The Balaban J connectivity index is 2.17. The Kier molecular flexibility index (Phi) is 4.13. The Morgan fingerprint density at radius 1 is 0.944 bits per heavy atom. The van der Waals surface area contributed by atoms with Gasteiger partial charge < -0.3 is 5.11 Å². The van der Waals surface area contributed by atoms with Gasteiger partial charge in [0, 0.05) is 5.56 Å². The molecule has 0 fully saturated rings. The molecule has 3 heteroatoms. The highest BCUT2D eigenvalue weighted by Gasteiger charge is 2.26. The van der Waals surface area contributed by atoms with Crippen molar-refractivity contribution >= 4 is 17.4 Å². The molecule has 0 amide bonds. The van der Waals surface area contributed by atoms with Crippen LogP contribution in [0.4, 0.5) is 0 Å². The third kappa shape index (κ3) is 2.78. The summed E-state index contributed by atoms with van der Waals surface area (Å²) in [6, 6.07) is 17.8. The van der Waals surface area contributed by atoms with Crippen LogP contribution in [-0.2, 0) is 0 Å². The number of benzene rings is 2. The molecule has 0 unspecified atom stereocenters. The predicted octanol–water partition coefficient (Wildman–Crippen LogP) is 3.21. The summed E-state index contributed by atoms with van der Waals surface area (Å²) in [5.41, 5.74) is 1.20. The minimum absolute atomic E-state index is 0.362. The molecule has 0 aromatic heterocycles. The fourth-order valence-corrected chi connectivity index (χ4v) is 1.99. The largest absolute Gasteiger partial charge is 0.383 e. The molecular weight excluding hydrogens is 248 g/mol. The van der Waals surface area contributed by atoms with Gasteiger partial charge in [-0.2, -0.15) is 0 Å². The van der Waals surface area contributed by atoms with Gasteiger partial charge in [0.25, 0.3) is 0 Å². The molecule has 0 aliphatic carbocycles. The number of halogens is 1. The zero-order valence-corrected chi connectivity index (χ0v) is 10.4. The third-order valence-corrected chi connectivity index (χ3v) is 3.21. The Morgan fingerprint density at radius 2 is 1.44 bits per heavy atom. The third-order valence-electron chi connectivity index (χ3n) is 2.72. The summed E-state index contributed by atoms with van der Waals surface area (Å²) in [7, 11) is 0. The van der Waals surface area contributed by atoms with E-state index >= 15 is 0 Å². The van der Waals surface area contributed by atoms with Crippen LogP contribution in [0.1, 0.15) is 21.3 Å². The van der Waals surface area contributed by atoms with Crippen molar-refractivity contribution in [3.63, 3.8) is 0 Å². The average molecular weight is 261 g/mol. The minimum atomic E-state index is -1.24. The van der Waals surface area contributed by atoms with Crippen molar-refractivity contribution in [2.75, 3.05) is 0 Å². The normalized spacial score (nSPS) is 13.9. The molecule has 2 rings (SSSR count). The first kappa shape index (κ1) is 12.8. The van der Waals surface area contributed by atoms with Crippen LogP contribution in [0.2, 0.25) is 0 Å². The number of carbonyl (C=O) groups is 1. The second kappa shape index (κ2) is 5.80. The first-order valence-corrected chi connectivity index (χ1v) is 6.10. The van der Waals surface area contributed by atoms with E-state index in [1.54, 1.807) is 36.4 Å². The van der Waals surface area contributed by atoms with Crippen LogP contribution in [-0.4, -0.2) is 17.0 Å². The number of rotatable bonds is 4. The van der Waals surface area contributed by atoms with Gasteiger partial charge in [0.2, 0.25) is 0 Å². The first-order chi connectivity index (χ1) is 8.70. The molecular formula is C15H13ClO2. The van der Waals surface area contributed by atoms with Gasteiger partial charge in [0.05, 0.1) is 5.38 Å². The van der Waals surface area contributed by atoms with Gasteiger partial charge in [-0.15, -0.1) is 11.6 Å². The smallest absolute Gasteiger partial charge is 0.193 e. The number of aliphatic hydroxyl groups excluding tert-OH is 1. The van der Waals surface area contributed by atoms with Crippen LogP contribution in [0.25, 0.3) is 0 Å². The van der Waals surface area contributed by atoms with E-state index in [1.165, 1.54) is 0 Å². The fourth-order valence-electron chi connectivity index (χ4n) is 1.73. The average Bonchev–Trinajstić information content (AvgIpc) is 2.47. The lowest BCUT2D eigenvalue weighted by Gasteiger charge is -2.16. The molecule has 1 N–H and O–H groups in total. The number of carbonyl (C=O) groups excluding carboxylic acids is 1. The Morgan fingerprint density at radius 3 is 2.00 bits per heavy atom. The summed E-state index contributed by atoms with van der Waals surface area (Å²) in [6.45, 7) is 0. The maximum absolute atomic E-state index is 12.0. The van der Waals surface area contributed by atoms with Gasteiger partial charge in [-0.1, -0.05) is 60.7 Å². The van der Waals surface area contributed by atoms with Crippen LogP contribution in [0.3, 0.4) is 0 Å². The maximum atomic E-state index is 12.0. The summed E-state index contributed by atoms with van der Waals surface area (Å²) >= 11 is 6.13. The number of alkyl halides is 1. The second-order valence-electron chi connectivity index (χ2n) is 3.99. The van der Waals surface area contributed by atoms with Crippen LogP contribution < -0.4 is 0 Å². The van der Waals surface area contributed by atoms with Gasteiger partial charge >= 0.3 is 0 Å². The van der Waals surface area contributed by atoms with E-state index in [4.69, 9.17) is 11.6 Å². The second-order valence-corrected chi connectivity index (χ2v) is 4.46. The summed E-state index contributed by atoms with van der Waals surface area (Å²) in [6.07, 6.45) is -1.24. The molecule has 0 heterocycles. The van der Waals surface area contributed by atoms with Crippen molar-refractivity contribution in [2.24, 2.45) is 0 Å². The number of aliphatic hydroxyl groups is 1. The molecule has 0 aliphatic heterocycles. The quantitative estimate of drug-likeness (QED) is 0.677. The van der Waals surface area contributed by atoms with E-state index in [1.807, 2.05) is 24.3 Å². The molecule has 0 aliphatic rings. The molecule has 2 aromatic carbocycles. The lowest BCUT2D eigenvalue weighted by atomic mass is 10.00. The van der Waals surface area contributed by atoms with Crippen molar-refractivity contribution < 1.29 is 9.90 Å². The Hall–Kier alpha value is -1.64. The van der Waals surface area contributed by atoms with Gasteiger partial charge in [-0.25, -0.2) is 0 Å². The van der Waals surface area contributed by atoms with E-state index < -0.39 is 11.5 Å². The van der Waals surface area contributed by atoms with Gasteiger partial charge in [-0.05, 0) is 5.56 Å². The van der Waals surface area contributed by atoms with Gasteiger partial charge in [-0.3, -0.25) is 4.79 Å². The zero-order chi connectivity index (χ0) is 13.0. The highest BCUT2D eigenvalue weighted by atomic mass is 35.5. The van der Waals surface area contributed by atoms with Crippen LogP contribution in [0.15, 0.2) is 60.7 Å². The lowest BCUT2D eigenvalue weighted by Crippen LogP contribution is -2.25. The standard InChI is InChI=1S/C15H13ClO2/c16-13(11-7-3-1-4-8-11)15(18)14(17)12-9-5-2-6-10-12/h1-10,13,15,18H/t13-,15+/m1/s1. The van der Waals surface area contributed by atoms with Crippen LogP contribution in [0.5, 0.6) is 0 Å². The lowest BCUT2D eigenvalue weighted by molar-refractivity contribution is 0.0738. The predicted molar refractivity (Wildman–Crippen MR) is 71.8 cm³/mol. The van der Waals surface area contributed by atoms with E-state index in [9.17, 15) is 9.90 Å². The van der Waals surface area contributed by atoms with Crippen LogP contribution >= 0.6 is 11.6 Å². The van der Waals surface area contributed by atoms with E-state index in [-0.39, 0.29) is 5.78 Å². The van der Waals surface area contributed by atoms with Crippen LogP contribution in [0, 0.1) is 0 Å². The molecule has 2 aromatic rings. The topological polar surface area (TPSA) is 37.3 Å². The molecule has 0 spiro atoms. The summed E-state index contributed by atoms with van der Waals surface area (Å²) < 4.78 is 0. The minimum Gasteiger partial charge on any atom is -0.383 e. The van der Waals surface area contributed by atoms with E-state index in [0.717, 1.165) is 5.56 Å². The summed E-state index contributed by atoms with van der Waals surface area (Å²) in [4.78, 5) is 12.0. The number of hydrogen-bond donors (Lipinski definition) is 1. The highest BCUT2D eigenvalue weighted by Crippen LogP contribution is 2.26. The molecule has 0 saturated heterocycles. The van der Waals surface area contributed by atoms with Gasteiger partial charge in [0.1, 0.15) is 6.10 Å². The first-order valence-electron chi connectivity index (χ1n) is 5.66. The number of ketones is 1. The Labute approximate surface area is 111 Å². The fraction of sp³-hybridized carbons (Fsp3) is 0.133. The number of hydrogen-bond acceptors (Lipinski definition) is 2. The molecule has 0 radical (unpaired) electrons. The summed E-state index contributed by atoms with van der Waals surface area (Å²) in [5.74, 6) is -0.362. The molecule has 2 atom stereocenters. The molecule has 18 heavy (non-hydrogen) atoms.